The van der Waals surface area contributed by atoms with E-state index >= 15 is 0 Å². The van der Waals surface area contributed by atoms with Gasteiger partial charge in [-0.05, 0) is 206 Å². The lowest BCUT2D eigenvalue weighted by Crippen LogP contribution is -2.22. The van der Waals surface area contributed by atoms with Gasteiger partial charge in [0.1, 0.15) is 45.1 Å². The number of carbonyl (C=O) groups is 4. The summed E-state index contributed by atoms with van der Waals surface area (Å²) < 4.78 is 40.2. The van der Waals surface area contributed by atoms with Crippen molar-refractivity contribution < 1.29 is 51.1 Å². The van der Waals surface area contributed by atoms with E-state index in [1.54, 1.807) is 61.5 Å². The smallest absolute Gasteiger partial charge is 0.338 e. The average molecular weight is 1580 g/mol. The van der Waals surface area contributed by atoms with Crippen LogP contribution >= 0.6 is 0 Å². The summed E-state index contributed by atoms with van der Waals surface area (Å²) in [5.74, 6) is 4.80. The van der Waals surface area contributed by atoms with E-state index in [4.69, 9.17) is 77.5 Å². The number of benzene rings is 8. The number of ether oxygens (including phenoxy) is 3. The molecule has 24 nitrogen and oxygen atoms in total. The summed E-state index contributed by atoms with van der Waals surface area (Å²) in [6, 6.07) is 62.5. The molecule has 8 heterocycles. The van der Waals surface area contributed by atoms with E-state index in [1.807, 2.05) is 182 Å². The lowest BCUT2D eigenvalue weighted by atomic mass is 10.1. The first-order valence-electron chi connectivity index (χ1n) is 40.2. The summed E-state index contributed by atoms with van der Waals surface area (Å²) in [4.78, 5) is 96.1. The van der Waals surface area contributed by atoms with Crippen LogP contribution in [0.1, 0.15) is 134 Å². The number of rotatable bonds is 21. The number of furan rings is 4. The Hall–Kier alpha value is -13.6. The Labute approximate surface area is 680 Å². The van der Waals surface area contributed by atoms with Crippen LogP contribution in [0.2, 0.25) is 0 Å². The molecule has 1 amide bonds. The van der Waals surface area contributed by atoms with E-state index in [-0.39, 0.29) is 24.0 Å². The first-order valence-corrected chi connectivity index (χ1v) is 40.2. The molecule has 0 spiro atoms. The maximum atomic E-state index is 12.5. The van der Waals surface area contributed by atoms with Crippen LogP contribution in [0.5, 0.6) is 0 Å². The van der Waals surface area contributed by atoms with Crippen molar-refractivity contribution in [3.05, 3.63) is 216 Å². The Bertz CT molecular complexity index is 6400. The number of primary amides is 1. The minimum atomic E-state index is -0.475. The van der Waals surface area contributed by atoms with Crippen LogP contribution in [0.15, 0.2) is 212 Å². The minimum Gasteiger partial charge on any atom is -0.462 e. The molecule has 4 saturated carbocycles. The SMILES string of the molecule is CC(C)CCOC(=O)c1ccc2nc(-c3cc4ccccc4o3)c(N(C)C3CC3)nc2c1.CC(C)OC(=O)c1ccc2nc(-c3cc4ccccc4o3)c(N(C)C3CC3)nc2c1.CCOC(=O)c1ccc2nc(-c3cc4ccccc4o3)c(N(C)C3CC3)nc2c1.CN(c1nc2cc(C(N)=O)ccc2nc1-c1cc2ccccc2o1)C1CC1. The summed E-state index contributed by atoms with van der Waals surface area (Å²) in [6.07, 6.45) is 9.76. The van der Waals surface area contributed by atoms with Gasteiger partial charge in [0.05, 0.1) is 80.1 Å². The molecule has 0 atom stereocenters. The minimum absolute atomic E-state index is 0.175. The first-order chi connectivity index (χ1) is 57.2. The molecule has 0 radical (unpaired) electrons. The Balaban J connectivity index is 0.000000113. The normalized spacial score (nSPS) is 13.8. The van der Waals surface area contributed by atoms with Crippen LogP contribution in [0.25, 0.3) is 134 Å². The third-order valence-corrected chi connectivity index (χ3v) is 21.5. The number of amides is 1. The molecule has 16 aromatic rings. The van der Waals surface area contributed by atoms with Crippen LogP contribution in [0.4, 0.5) is 23.3 Å². The van der Waals surface area contributed by atoms with Gasteiger partial charge in [0.25, 0.3) is 0 Å². The van der Waals surface area contributed by atoms with E-state index in [1.165, 1.54) is 0 Å². The third-order valence-electron chi connectivity index (χ3n) is 21.5. The molecule has 24 heteroatoms. The van der Waals surface area contributed by atoms with Gasteiger partial charge in [0.2, 0.25) is 5.91 Å². The maximum absolute atomic E-state index is 12.5. The molecular weight excluding hydrogens is 1490 g/mol. The molecular formula is C94H89N13O11. The highest BCUT2D eigenvalue weighted by atomic mass is 16.5. The second-order valence-electron chi connectivity index (χ2n) is 31.2. The first kappa shape index (κ1) is 77.0. The highest BCUT2D eigenvalue weighted by Gasteiger charge is 2.35. The zero-order valence-corrected chi connectivity index (χ0v) is 67.2. The molecule has 4 aliphatic carbocycles. The number of fused-ring (bicyclic) bond motifs is 8. The van der Waals surface area contributed by atoms with Gasteiger partial charge in [-0.15, -0.1) is 0 Å². The van der Waals surface area contributed by atoms with Gasteiger partial charge >= 0.3 is 17.9 Å². The fraction of sp³-hybridized carbons (Fsp3) is 0.277. The van der Waals surface area contributed by atoms with E-state index < -0.39 is 5.91 Å². The summed E-state index contributed by atoms with van der Waals surface area (Å²) >= 11 is 0. The van der Waals surface area contributed by atoms with Crippen molar-refractivity contribution in [1.82, 2.24) is 39.9 Å². The predicted molar refractivity (Wildman–Crippen MR) is 459 cm³/mol. The van der Waals surface area contributed by atoms with Gasteiger partial charge in [-0.3, -0.25) is 4.79 Å². The van der Waals surface area contributed by atoms with E-state index in [2.05, 4.69) is 33.4 Å². The molecule has 4 aliphatic rings. The van der Waals surface area contributed by atoms with Crippen LogP contribution in [-0.2, 0) is 14.2 Å². The molecule has 8 aromatic heterocycles. The highest BCUT2D eigenvalue weighted by molar-refractivity contribution is 6.00. The van der Waals surface area contributed by atoms with Gasteiger partial charge in [-0.2, -0.15) is 0 Å². The van der Waals surface area contributed by atoms with Crippen LogP contribution < -0.4 is 25.3 Å². The number of nitrogens with zero attached hydrogens (tertiary/aromatic N) is 12. The molecule has 0 aliphatic heterocycles. The van der Waals surface area contributed by atoms with Crippen molar-refractivity contribution in [3.8, 4) is 45.8 Å². The number of anilines is 4. The molecule has 118 heavy (non-hydrogen) atoms. The second kappa shape index (κ2) is 32.6. The number of hydrogen-bond donors (Lipinski definition) is 1. The third kappa shape index (κ3) is 16.6. The molecule has 0 bridgehead atoms. The second-order valence-corrected chi connectivity index (χ2v) is 31.2. The molecule has 8 aromatic carbocycles. The number of esters is 3. The fourth-order valence-corrected chi connectivity index (χ4v) is 14.3. The number of para-hydroxylation sites is 4. The van der Waals surface area contributed by atoms with Crippen LogP contribution in [0.3, 0.4) is 0 Å². The molecule has 2 N–H and O–H groups in total. The van der Waals surface area contributed by atoms with Crippen molar-refractivity contribution >= 4 is 135 Å². The topological polar surface area (TPSA) is 291 Å². The summed E-state index contributed by atoms with van der Waals surface area (Å²) in [5.41, 5.74) is 18.9. The Kier molecular flexibility index (Phi) is 21.2. The average Bonchev–Trinajstić information content (AvgIpc) is 1.58. The van der Waals surface area contributed by atoms with E-state index in [0.717, 1.165) is 131 Å². The quantitative estimate of drug-likeness (QED) is 0.0516. The zero-order valence-electron chi connectivity index (χ0n) is 67.2. The van der Waals surface area contributed by atoms with Gasteiger partial charge in [0, 0.05) is 79.5 Å². The van der Waals surface area contributed by atoms with Crippen molar-refractivity contribution in [2.24, 2.45) is 11.7 Å². The zero-order chi connectivity index (χ0) is 81.6. The van der Waals surface area contributed by atoms with Gasteiger partial charge in [0.15, 0.2) is 46.3 Å². The molecule has 20 rings (SSSR count). The lowest BCUT2D eigenvalue weighted by molar-refractivity contribution is 0.0376. The Morgan fingerprint density at radius 3 is 0.915 bits per heavy atom. The summed E-state index contributed by atoms with van der Waals surface area (Å²) in [7, 11) is 8.15. The summed E-state index contributed by atoms with van der Waals surface area (Å²) in [6.45, 7) is 10.4. The van der Waals surface area contributed by atoms with Crippen molar-refractivity contribution in [3.63, 3.8) is 0 Å². The van der Waals surface area contributed by atoms with Crippen molar-refractivity contribution in [2.75, 3.05) is 61.0 Å². The molecule has 596 valence electrons. The van der Waals surface area contributed by atoms with Gasteiger partial charge in [-0.1, -0.05) is 86.6 Å². The molecule has 0 unspecified atom stereocenters. The van der Waals surface area contributed by atoms with Crippen LogP contribution in [0, 0.1) is 5.92 Å². The van der Waals surface area contributed by atoms with Gasteiger partial charge < -0.3 is 57.2 Å². The van der Waals surface area contributed by atoms with Crippen LogP contribution in [-0.4, -0.2) is 135 Å². The monoisotopic (exact) mass is 1580 g/mol. The number of nitrogens with two attached hydrogens (primary N) is 1. The fourth-order valence-electron chi connectivity index (χ4n) is 14.3. The maximum Gasteiger partial charge on any atom is 0.338 e. The standard InChI is InChI=1S/C26H27N3O3.C24H23N3O3.C23H21N3O3.C21H18N4O2/c1-16(2)12-13-31-26(30)18-8-11-20-21(14-18)28-25(29(3)19-9-10-19)24(27-20)23-15-17-6-4-5-7-22(17)32-23;1-14(2)29-24(28)16-8-11-18-19(12-16)26-23(27(3)17-9-10-17)22(25-18)21-13-15-6-4-5-7-20(15)30-21;1-3-28-23(27)15-8-11-17-18(12-15)25-22(26(2)16-9-10-16)21(24-17)20-13-14-6-4-5-7-19(14)29-20;1-25(14-7-8-14)21-19(18-11-12-4-2-3-5-17(12)27-18)23-15-9-6-13(20(22)26)10-16(15)24-21/h4-8,11,14-16,19H,9-10,12-13H2,1-3H3;4-8,11-14,17H,9-10H2,1-3H3;4-8,11-13,16H,3,9-10H2,1-2H3;2-6,9-11,14H,7-8H2,1H3,(H2,22,26). The van der Waals surface area contributed by atoms with Crippen molar-refractivity contribution in [1.29, 1.82) is 0 Å². The highest BCUT2D eigenvalue weighted by Crippen LogP contribution is 2.43. The molecule has 0 saturated heterocycles. The van der Waals surface area contributed by atoms with E-state index in [9.17, 15) is 19.2 Å². The summed E-state index contributed by atoms with van der Waals surface area (Å²) in [5, 5.41) is 4.12. The number of carbonyl (C=O) groups excluding carboxylic acids is 4. The van der Waals surface area contributed by atoms with E-state index in [0.29, 0.717) is 150 Å². The lowest BCUT2D eigenvalue weighted by Gasteiger charge is -2.20. The Morgan fingerprint density at radius 1 is 0.364 bits per heavy atom. The number of aromatic nitrogens is 8. The van der Waals surface area contributed by atoms with Gasteiger partial charge in [-0.25, -0.2) is 54.3 Å². The van der Waals surface area contributed by atoms with Crippen molar-refractivity contribution in [2.45, 2.75) is 123 Å². The predicted octanol–water partition coefficient (Wildman–Crippen LogP) is 19.6. The Morgan fingerprint density at radius 2 is 0.644 bits per heavy atom. The molecule has 4 fully saturated rings. The largest absolute Gasteiger partial charge is 0.462 e. The number of hydrogen-bond acceptors (Lipinski definition) is 23.